The van der Waals surface area contributed by atoms with Gasteiger partial charge in [0.2, 0.25) is 5.91 Å². The topological polar surface area (TPSA) is 87.8 Å². The highest BCUT2D eigenvalue weighted by Gasteiger charge is 2.15. The van der Waals surface area contributed by atoms with E-state index in [1.807, 2.05) is 19.9 Å². The number of benzene rings is 1. The molecule has 0 saturated heterocycles. The standard InChI is InChI=1S/C17H14N4O2S/c1-10-11(2)24-17(12(10)7-18)20-15(22)9-21-14-6-4-3-5-13(14)19-8-16(21)23/h3-6,8H,9H2,1-2H3,(H,20,22). The number of nitrogens with one attached hydrogen (secondary N) is 1. The number of aromatic nitrogens is 2. The predicted molar refractivity (Wildman–Crippen MR) is 93.1 cm³/mol. The summed E-state index contributed by atoms with van der Waals surface area (Å²) >= 11 is 1.36. The van der Waals surface area contributed by atoms with Crippen LogP contribution < -0.4 is 10.9 Å². The van der Waals surface area contributed by atoms with Crippen LogP contribution in [0.3, 0.4) is 0 Å². The van der Waals surface area contributed by atoms with Gasteiger partial charge in [0.05, 0.1) is 22.8 Å². The van der Waals surface area contributed by atoms with Crippen LogP contribution in [0.2, 0.25) is 0 Å². The Balaban J connectivity index is 1.92. The third-order valence-electron chi connectivity index (χ3n) is 3.80. The Hall–Kier alpha value is -2.98. The molecule has 1 amide bonds. The molecule has 6 nitrogen and oxygen atoms in total. The summed E-state index contributed by atoms with van der Waals surface area (Å²) in [7, 11) is 0. The number of thiophene rings is 1. The number of carbonyl (C=O) groups excluding carboxylic acids is 1. The number of amides is 1. The van der Waals surface area contributed by atoms with Gasteiger partial charge in [-0.15, -0.1) is 11.3 Å². The largest absolute Gasteiger partial charge is 0.315 e. The van der Waals surface area contributed by atoms with E-state index in [1.165, 1.54) is 22.1 Å². The zero-order valence-electron chi connectivity index (χ0n) is 13.2. The minimum absolute atomic E-state index is 0.136. The van der Waals surface area contributed by atoms with E-state index >= 15 is 0 Å². The second-order valence-electron chi connectivity index (χ2n) is 5.32. The fourth-order valence-electron chi connectivity index (χ4n) is 2.44. The summed E-state index contributed by atoms with van der Waals surface area (Å²) in [6.07, 6.45) is 1.20. The molecule has 0 unspecified atom stereocenters. The van der Waals surface area contributed by atoms with E-state index in [-0.39, 0.29) is 18.0 Å². The average Bonchev–Trinajstić information content (AvgIpc) is 2.83. The van der Waals surface area contributed by atoms with Crippen LogP contribution in [0.1, 0.15) is 16.0 Å². The molecule has 7 heteroatoms. The molecule has 0 fully saturated rings. The van der Waals surface area contributed by atoms with Crippen molar-refractivity contribution < 1.29 is 4.79 Å². The molecular formula is C17H14N4O2S. The monoisotopic (exact) mass is 338 g/mol. The Morgan fingerprint density at radius 2 is 2.12 bits per heavy atom. The lowest BCUT2D eigenvalue weighted by Gasteiger charge is -2.09. The van der Waals surface area contributed by atoms with Crippen molar-refractivity contribution >= 4 is 33.3 Å². The molecule has 0 bridgehead atoms. The normalized spacial score (nSPS) is 10.5. The molecule has 0 atom stereocenters. The van der Waals surface area contributed by atoms with Gasteiger partial charge in [0.15, 0.2) is 0 Å². The minimum atomic E-state index is -0.355. The smallest absolute Gasteiger partial charge is 0.269 e. The second-order valence-corrected chi connectivity index (χ2v) is 6.54. The lowest BCUT2D eigenvalue weighted by molar-refractivity contribution is -0.116. The van der Waals surface area contributed by atoms with Gasteiger partial charge in [0.25, 0.3) is 5.56 Å². The number of fused-ring (bicyclic) bond motifs is 1. The Morgan fingerprint density at radius 3 is 2.88 bits per heavy atom. The fourth-order valence-corrected chi connectivity index (χ4v) is 3.46. The Morgan fingerprint density at radius 1 is 1.38 bits per heavy atom. The average molecular weight is 338 g/mol. The first-order chi connectivity index (χ1) is 11.5. The van der Waals surface area contributed by atoms with Crippen LogP contribution in [0.5, 0.6) is 0 Å². The zero-order chi connectivity index (χ0) is 17.3. The Bertz CT molecular complexity index is 1040. The molecule has 0 aliphatic heterocycles. The van der Waals surface area contributed by atoms with Crippen molar-refractivity contribution in [3.8, 4) is 6.07 Å². The molecular weight excluding hydrogens is 324 g/mol. The van der Waals surface area contributed by atoms with Crippen LogP contribution in [0.25, 0.3) is 11.0 Å². The van der Waals surface area contributed by atoms with Gasteiger partial charge in [0, 0.05) is 4.88 Å². The quantitative estimate of drug-likeness (QED) is 0.795. The van der Waals surface area contributed by atoms with Crippen LogP contribution in [0.4, 0.5) is 5.00 Å². The van der Waals surface area contributed by atoms with Gasteiger partial charge in [-0.2, -0.15) is 5.26 Å². The Kier molecular flexibility index (Phi) is 4.15. The number of hydrogen-bond donors (Lipinski definition) is 1. The highest BCUT2D eigenvalue weighted by Crippen LogP contribution is 2.31. The summed E-state index contributed by atoms with van der Waals surface area (Å²) in [5.41, 5.74) is 2.23. The third-order valence-corrected chi connectivity index (χ3v) is 4.93. The molecule has 3 aromatic rings. The molecule has 2 aromatic heterocycles. The van der Waals surface area contributed by atoms with Crippen LogP contribution in [-0.4, -0.2) is 15.5 Å². The van der Waals surface area contributed by atoms with Crippen LogP contribution in [0, 0.1) is 25.2 Å². The van der Waals surface area contributed by atoms with Gasteiger partial charge < -0.3 is 5.32 Å². The third kappa shape index (κ3) is 2.79. The van der Waals surface area contributed by atoms with E-state index < -0.39 is 0 Å². The van der Waals surface area contributed by atoms with Crippen molar-refractivity contribution in [3.05, 3.63) is 56.8 Å². The molecule has 1 aromatic carbocycles. The molecule has 120 valence electrons. The van der Waals surface area contributed by atoms with Gasteiger partial charge in [-0.3, -0.25) is 14.2 Å². The maximum absolute atomic E-state index is 12.4. The van der Waals surface area contributed by atoms with E-state index in [9.17, 15) is 14.9 Å². The van der Waals surface area contributed by atoms with E-state index in [0.29, 0.717) is 21.6 Å². The number of carbonyl (C=O) groups is 1. The first-order valence-corrected chi connectivity index (χ1v) is 8.07. The van der Waals surface area contributed by atoms with Crippen LogP contribution in [0.15, 0.2) is 35.3 Å². The van der Waals surface area contributed by atoms with Crippen molar-refractivity contribution in [1.29, 1.82) is 5.26 Å². The summed E-state index contributed by atoms with van der Waals surface area (Å²) < 4.78 is 1.37. The van der Waals surface area contributed by atoms with Crippen molar-refractivity contribution in [3.63, 3.8) is 0 Å². The van der Waals surface area contributed by atoms with Crippen molar-refractivity contribution in [1.82, 2.24) is 9.55 Å². The molecule has 3 rings (SSSR count). The van der Waals surface area contributed by atoms with E-state index in [4.69, 9.17) is 0 Å². The molecule has 0 aliphatic rings. The molecule has 0 aliphatic carbocycles. The fraction of sp³-hybridized carbons (Fsp3) is 0.176. The van der Waals surface area contributed by atoms with Crippen molar-refractivity contribution in [2.45, 2.75) is 20.4 Å². The van der Waals surface area contributed by atoms with Crippen molar-refractivity contribution in [2.24, 2.45) is 0 Å². The molecule has 0 spiro atoms. The summed E-state index contributed by atoms with van der Waals surface area (Å²) in [6.45, 7) is 3.61. The number of aryl methyl sites for hydroxylation is 1. The predicted octanol–water partition coefficient (Wildman–Crippen LogP) is 2.59. The number of nitriles is 1. The van der Waals surface area contributed by atoms with Gasteiger partial charge in [-0.25, -0.2) is 4.98 Å². The number of nitrogens with zero attached hydrogens (tertiary/aromatic N) is 3. The second kappa shape index (κ2) is 6.26. The van der Waals surface area contributed by atoms with E-state index in [2.05, 4.69) is 16.4 Å². The van der Waals surface area contributed by atoms with Crippen molar-refractivity contribution in [2.75, 3.05) is 5.32 Å². The number of hydrogen-bond acceptors (Lipinski definition) is 5. The van der Waals surface area contributed by atoms with Gasteiger partial charge in [-0.05, 0) is 31.5 Å². The highest BCUT2D eigenvalue weighted by atomic mass is 32.1. The first kappa shape index (κ1) is 15.9. The molecule has 2 heterocycles. The number of rotatable bonds is 3. The molecule has 0 saturated carbocycles. The zero-order valence-corrected chi connectivity index (χ0v) is 14.0. The number of anilines is 1. The minimum Gasteiger partial charge on any atom is -0.315 e. The SMILES string of the molecule is Cc1sc(NC(=O)Cn2c(=O)cnc3ccccc32)c(C#N)c1C. The van der Waals surface area contributed by atoms with E-state index in [0.717, 1.165) is 10.4 Å². The Labute approximate surface area is 142 Å². The molecule has 24 heavy (non-hydrogen) atoms. The first-order valence-electron chi connectivity index (χ1n) is 7.25. The van der Waals surface area contributed by atoms with Gasteiger partial charge in [-0.1, -0.05) is 12.1 Å². The van der Waals surface area contributed by atoms with Crippen LogP contribution >= 0.6 is 11.3 Å². The summed E-state index contributed by atoms with van der Waals surface area (Å²) in [6, 6.07) is 9.25. The lowest BCUT2D eigenvalue weighted by Crippen LogP contribution is -2.27. The number of para-hydroxylation sites is 2. The maximum Gasteiger partial charge on any atom is 0.269 e. The highest BCUT2D eigenvalue weighted by molar-refractivity contribution is 7.16. The summed E-state index contributed by atoms with van der Waals surface area (Å²) in [5.74, 6) is -0.355. The van der Waals surface area contributed by atoms with Gasteiger partial charge in [0.1, 0.15) is 17.6 Å². The molecule has 1 N–H and O–H groups in total. The van der Waals surface area contributed by atoms with E-state index in [1.54, 1.807) is 18.2 Å². The van der Waals surface area contributed by atoms with Gasteiger partial charge >= 0.3 is 0 Å². The summed E-state index contributed by atoms with van der Waals surface area (Å²) in [5, 5.41) is 12.5. The molecule has 0 radical (unpaired) electrons. The maximum atomic E-state index is 12.4. The van der Waals surface area contributed by atoms with Crippen LogP contribution in [-0.2, 0) is 11.3 Å². The summed E-state index contributed by atoms with van der Waals surface area (Å²) in [4.78, 5) is 29.5. The lowest BCUT2D eigenvalue weighted by atomic mass is 10.2.